The maximum atomic E-state index is 5.33. The predicted octanol–water partition coefficient (Wildman–Crippen LogP) is 1.09. The van der Waals surface area contributed by atoms with Gasteiger partial charge in [0.15, 0.2) is 5.11 Å². The van der Waals surface area contributed by atoms with E-state index >= 15 is 0 Å². The Hall–Kier alpha value is -1.29. The number of nitrogens with two attached hydrogens (primary N) is 1. The molecule has 0 unspecified atom stereocenters. The Morgan fingerprint density at radius 3 is 2.36 bits per heavy atom. The Bertz CT molecular complexity index is 306. The summed E-state index contributed by atoms with van der Waals surface area (Å²) in [6.45, 7) is 0.684. The lowest BCUT2D eigenvalue weighted by Crippen LogP contribution is -2.28. The van der Waals surface area contributed by atoms with Gasteiger partial charge in [0.1, 0.15) is 0 Å². The first-order chi connectivity index (χ1) is 6.59. The molecule has 0 heterocycles. The van der Waals surface area contributed by atoms with Crippen LogP contribution in [0.1, 0.15) is 5.56 Å². The van der Waals surface area contributed by atoms with E-state index in [1.165, 1.54) is 11.3 Å². The van der Waals surface area contributed by atoms with Crippen LogP contribution in [-0.4, -0.2) is 19.2 Å². The molecule has 0 saturated heterocycles. The molecule has 0 aromatic heterocycles. The molecule has 1 rings (SSSR count). The van der Waals surface area contributed by atoms with Gasteiger partial charge in [-0.25, -0.2) is 0 Å². The summed E-state index contributed by atoms with van der Waals surface area (Å²) in [5.74, 6) is 0. The zero-order valence-electron chi connectivity index (χ0n) is 8.45. The SMILES string of the molecule is CN(C)c1ccc(CNC(N)=S)cc1. The quantitative estimate of drug-likeness (QED) is 0.731. The van der Waals surface area contributed by atoms with Crippen molar-refractivity contribution in [3.8, 4) is 0 Å². The van der Waals surface area contributed by atoms with Crippen molar-refractivity contribution in [1.82, 2.24) is 5.32 Å². The third kappa shape index (κ3) is 3.22. The van der Waals surface area contributed by atoms with Crippen molar-refractivity contribution in [2.75, 3.05) is 19.0 Å². The van der Waals surface area contributed by atoms with Crippen LogP contribution >= 0.6 is 12.2 Å². The number of hydrogen-bond donors (Lipinski definition) is 2. The molecule has 14 heavy (non-hydrogen) atoms. The van der Waals surface area contributed by atoms with Crippen LogP contribution in [0, 0.1) is 0 Å². The fraction of sp³-hybridized carbons (Fsp3) is 0.300. The molecule has 0 bridgehead atoms. The maximum Gasteiger partial charge on any atom is 0.163 e. The minimum atomic E-state index is 0.335. The van der Waals surface area contributed by atoms with E-state index in [0.29, 0.717) is 11.7 Å². The van der Waals surface area contributed by atoms with Crippen LogP contribution in [0.25, 0.3) is 0 Å². The van der Waals surface area contributed by atoms with Crippen LogP contribution in [0.3, 0.4) is 0 Å². The number of hydrogen-bond acceptors (Lipinski definition) is 2. The molecule has 0 saturated carbocycles. The topological polar surface area (TPSA) is 41.3 Å². The second-order valence-electron chi connectivity index (χ2n) is 3.28. The molecule has 0 atom stereocenters. The molecule has 0 aliphatic heterocycles. The van der Waals surface area contributed by atoms with Gasteiger partial charge in [0, 0.05) is 26.3 Å². The van der Waals surface area contributed by atoms with Gasteiger partial charge in [-0.15, -0.1) is 0 Å². The van der Waals surface area contributed by atoms with Gasteiger partial charge in [0.2, 0.25) is 0 Å². The minimum absolute atomic E-state index is 0.335. The molecule has 0 spiro atoms. The van der Waals surface area contributed by atoms with Gasteiger partial charge < -0.3 is 16.0 Å². The molecule has 3 N–H and O–H groups in total. The summed E-state index contributed by atoms with van der Waals surface area (Å²) in [5.41, 5.74) is 7.68. The Morgan fingerprint density at radius 1 is 1.36 bits per heavy atom. The van der Waals surface area contributed by atoms with E-state index in [1.54, 1.807) is 0 Å². The molecule has 0 amide bonds. The van der Waals surface area contributed by atoms with Crippen LogP contribution in [0.5, 0.6) is 0 Å². The maximum absolute atomic E-state index is 5.33. The highest BCUT2D eigenvalue weighted by atomic mass is 32.1. The molecule has 1 aromatic carbocycles. The molecule has 0 radical (unpaired) electrons. The van der Waals surface area contributed by atoms with Crippen LogP contribution in [0.2, 0.25) is 0 Å². The summed E-state index contributed by atoms with van der Waals surface area (Å²) in [5, 5.41) is 3.24. The highest BCUT2D eigenvalue weighted by Gasteiger charge is 1.95. The highest BCUT2D eigenvalue weighted by Crippen LogP contribution is 2.11. The normalized spacial score (nSPS) is 9.57. The van der Waals surface area contributed by atoms with E-state index in [-0.39, 0.29) is 0 Å². The molecule has 3 nitrogen and oxygen atoms in total. The van der Waals surface area contributed by atoms with Gasteiger partial charge >= 0.3 is 0 Å². The van der Waals surface area contributed by atoms with E-state index in [9.17, 15) is 0 Å². The number of anilines is 1. The summed E-state index contributed by atoms with van der Waals surface area (Å²) in [4.78, 5) is 2.06. The lowest BCUT2D eigenvalue weighted by molar-refractivity contribution is 0.919. The first kappa shape index (κ1) is 10.8. The molecule has 0 aliphatic carbocycles. The van der Waals surface area contributed by atoms with Gasteiger partial charge in [-0.1, -0.05) is 12.1 Å². The summed E-state index contributed by atoms with van der Waals surface area (Å²) >= 11 is 4.72. The lowest BCUT2D eigenvalue weighted by Gasteiger charge is -2.12. The van der Waals surface area contributed by atoms with E-state index < -0.39 is 0 Å². The van der Waals surface area contributed by atoms with Crippen LogP contribution < -0.4 is 16.0 Å². The zero-order valence-corrected chi connectivity index (χ0v) is 9.27. The van der Waals surface area contributed by atoms with Crippen molar-refractivity contribution < 1.29 is 0 Å². The first-order valence-corrected chi connectivity index (χ1v) is 4.80. The third-order valence-corrected chi connectivity index (χ3v) is 2.06. The summed E-state index contributed by atoms with van der Waals surface area (Å²) in [6.07, 6.45) is 0. The Kier molecular flexibility index (Phi) is 3.71. The fourth-order valence-electron chi connectivity index (χ4n) is 1.10. The molecule has 1 aromatic rings. The van der Waals surface area contributed by atoms with Crippen LogP contribution in [-0.2, 0) is 6.54 Å². The molecule has 76 valence electrons. The van der Waals surface area contributed by atoms with Crippen molar-refractivity contribution in [1.29, 1.82) is 0 Å². The van der Waals surface area contributed by atoms with Crippen molar-refractivity contribution in [3.63, 3.8) is 0 Å². The second kappa shape index (κ2) is 4.81. The van der Waals surface area contributed by atoms with Crippen molar-refractivity contribution in [3.05, 3.63) is 29.8 Å². The number of rotatable bonds is 3. The predicted molar refractivity (Wildman–Crippen MR) is 64.4 cm³/mol. The Labute approximate surface area is 89.9 Å². The van der Waals surface area contributed by atoms with Crippen LogP contribution in [0.4, 0.5) is 5.69 Å². The Balaban J connectivity index is 2.59. The van der Waals surface area contributed by atoms with Gasteiger partial charge in [-0.3, -0.25) is 0 Å². The van der Waals surface area contributed by atoms with Crippen LogP contribution in [0.15, 0.2) is 24.3 Å². The van der Waals surface area contributed by atoms with E-state index in [0.717, 1.165) is 0 Å². The second-order valence-corrected chi connectivity index (χ2v) is 3.72. The molecule has 0 fully saturated rings. The Morgan fingerprint density at radius 2 is 1.93 bits per heavy atom. The molecule has 0 aliphatic rings. The number of thiocarbonyl (C=S) groups is 1. The van der Waals surface area contributed by atoms with Crippen molar-refractivity contribution in [2.24, 2.45) is 5.73 Å². The number of nitrogens with zero attached hydrogens (tertiary/aromatic N) is 1. The average molecular weight is 209 g/mol. The number of benzene rings is 1. The summed E-state index contributed by atoms with van der Waals surface area (Å²) in [6, 6.07) is 8.24. The van der Waals surface area contributed by atoms with Crippen molar-refractivity contribution in [2.45, 2.75) is 6.54 Å². The third-order valence-electron chi connectivity index (χ3n) is 1.92. The highest BCUT2D eigenvalue weighted by molar-refractivity contribution is 7.80. The van der Waals surface area contributed by atoms with Gasteiger partial charge in [0.25, 0.3) is 0 Å². The average Bonchev–Trinajstić information content (AvgIpc) is 2.15. The van der Waals surface area contributed by atoms with E-state index in [4.69, 9.17) is 18.0 Å². The molecular weight excluding hydrogens is 194 g/mol. The van der Waals surface area contributed by atoms with Gasteiger partial charge in [-0.05, 0) is 29.9 Å². The standard InChI is InChI=1S/C10H15N3S/c1-13(2)9-5-3-8(4-6-9)7-12-10(11)14/h3-6H,7H2,1-2H3,(H3,11,12,14). The first-order valence-electron chi connectivity index (χ1n) is 4.39. The van der Waals surface area contributed by atoms with Gasteiger partial charge in [-0.2, -0.15) is 0 Å². The van der Waals surface area contributed by atoms with Gasteiger partial charge in [0.05, 0.1) is 0 Å². The molecular formula is C10H15N3S. The lowest BCUT2D eigenvalue weighted by atomic mass is 10.2. The van der Waals surface area contributed by atoms with E-state index in [1.807, 2.05) is 14.1 Å². The minimum Gasteiger partial charge on any atom is -0.378 e. The largest absolute Gasteiger partial charge is 0.378 e. The zero-order chi connectivity index (χ0) is 10.6. The molecule has 4 heteroatoms. The monoisotopic (exact) mass is 209 g/mol. The van der Waals surface area contributed by atoms with Crippen molar-refractivity contribution >= 4 is 23.0 Å². The van der Waals surface area contributed by atoms with E-state index in [2.05, 4.69) is 34.5 Å². The fourth-order valence-corrected chi connectivity index (χ4v) is 1.17. The number of nitrogens with one attached hydrogen (secondary N) is 1. The smallest absolute Gasteiger partial charge is 0.163 e. The summed E-state index contributed by atoms with van der Waals surface area (Å²) < 4.78 is 0. The summed E-state index contributed by atoms with van der Waals surface area (Å²) in [7, 11) is 4.03.